The molecule has 140 valence electrons. The summed E-state index contributed by atoms with van der Waals surface area (Å²) in [5.41, 5.74) is -0.626. The number of hydrogen-bond donors (Lipinski definition) is 3. The summed E-state index contributed by atoms with van der Waals surface area (Å²) in [6.07, 6.45) is -5.71. The summed E-state index contributed by atoms with van der Waals surface area (Å²) < 4.78 is 44.9. The van der Waals surface area contributed by atoms with Crippen LogP contribution in [0.3, 0.4) is 0 Å². The van der Waals surface area contributed by atoms with E-state index in [0.717, 1.165) is 12.1 Å². The van der Waals surface area contributed by atoms with Crippen molar-refractivity contribution in [3.8, 4) is 5.75 Å². The maximum absolute atomic E-state index is 12.1. The molecule has 0 aliphatic rings. The first kappa shape index (κ1) is 20.6. The fourth-order valence-corrected chi connectivity index (χ4v) is 1.61. The highest BCUT2D eigenvalue weighted by atomic mass is 19.4. The van der Waals surface area contributed by atoms with Gasteiger partial charge in [-0.05, 0) is 45.0 Å². The van der Waals surface area contributed by atoms with Crippen molar-refractivity contribution in [2.75, 3.05) is 11.9 Å². The summed E-state index contributed by atoms with van der Waals surface area (Å²) in [5, 5.41) is 13.8. The molecule has 1 atom stereocenters. The van der Waals surface area contributed by atoms with Crippen LogP contribution in [0.2, 0.25) is 0 Å². The number of amides is 2. The van der Waals surface area contributed by atoms with Gasteiger partial charge in [-0.25, -0.2) is 4.79 Å². The number of ether oxygens (including phenoxy) is 2. The van der Waals surface area contributed by atoms with Crippen molar-refractivity contribution in [3.63, 3.8) is 0 Å². The summed E-state index contributed by atoms with van der Waals surface area (Å²) in [6.45, 7) is 4.20. The molecule has 0 aliphatic carbocycles. The summed E-state index contributed by atoms with van der Waals surface area (Å²) >= 11 is 0. The average molecular weight is 364 g/mol. The van der Waals surface area contributed by atoms with Gasteiger partial charge in [-0.1, -0.05) is 0 Å². The van der Waals surface area contributed by atoms with Crippen molar-refractivity contribution < 1.29 is 37.3 Å². The second-order valence-electron chi connectivity index (χ2n) is 5.94. The number of aliphatic hydroxyl groups excluding tert-OH is 1. The van der Waals surface area contributed by atoms with Crippen LogP contribution >= 0.6 is 0 Å². The van der Waals surface area contributed by atoms with Crippen molar-refractivity contribution in [1.82, 2.24) is 5.32 Å². The molecule has 0 spiro atoms. The molecule has 10 heteroatoms. The molecule has 0 radical (unpaired) electrons. The number of alkyl halides is 3. The molecule has 0 fully saturated rings. The van der Waals surface area contributed by atoms with E-state index < -0.39 is 42.4 Å². The Balaban J connectivity index is 2.65. The number of carbonyl (C=O) groups excluding carboxylic acids is 2. The number of nitrogens with one attached hydrogen (secondary N) is 2. The van der Waals surface area contributed by atoms with E-state index in [4.69, 9.17) is 4.74 Å². The maximum Gasteiger partial charge on any atom is 0.573 e. The molecule has 1 aromatic rings. The molecule has 1 aromatic carbocycles. The fourth-order valence-electron chi connectivity index (χ4n) is 1.61. The monoisotopic (exact) mass is 364 g/mol. The number of alkyl carbamates (subject to hydrolysis) is 1. The van der Waals surface area contributed by atoms with Crippen LogP contribution in [0.25, 0.3) is 0 Å². The number of halogens is 3. The molecular weight excluding hydrogens is 345 g/mol. The molecule has 0 bridgehead atoms. The number of benzene rings is 1. The quantitative estimate of drug-likeness (QED) is 0.746. The SMILES string of the molecule is CC(C)(C)OC(=O)N[C@H](CO)C(=O)Nc1ccc(OC(F)(F)F)cc1. The number of carbonyl (C=O) groups is 2. The summed E-state index contributed by atoms with van der Waals surface area (Å²) in [7, 11) is 0. The Labute approximate surface area is 142 Å². The lowest BCUT2D eigenvalue weighted by Crippen LogP contribution is -2.47. The number of aliphatic hydroxyl groups is 1. The minimum Gasteiger partial charge on any atom is -0.444 e. The molecule has 0 aliphatic heterocycles. The Bertz CT molecular complexity index is 597. The molecule has 0 saturated carbocycles. The first-order valence-electron chi connectivity index (χ1n) is 7.16. The Morgan fingerprint density at radius 2 is 1.72 bits per heavy atom. The lowest BCUT2D eigenvalue weighted by Gasteiger charge is -2.22. The Morgan fingerprint density at radius 1 is 1.16 bits per heavy atom. The summed E-state index contributed by atoms with van der Waals surface area (Å²) in [4.78, 5) is 23.6. The van der Waals surface area contributed by atoms with Gasteiger partial charge in [0, 0.05) is 5.69 Å². The maximum atomic E-state index is 12.1. The van der Waals surface area contributed by atoms with Gasteiger partial charge in [-0.15, -0.1) is 13.2 Å². The predicted octanol–water partition coefficient (Wildman–Crippen LogP) is 2.41. The molecule has 2 amide bonds. The second kappa shape index (κ2) is 8.06. The van der Waals surface area contributed by atoms with Gasteiger partial charge in [0.1, 0.15) is 17.4 Å². The third-order valence-corrected chi connectivity index (χ3v) is 2.55. The van der Waals surface area contributed by atoms with Gasteiger partial charge in [0.05, 0.1) is 6.61 Å². The van der Waals surface area contributed by atoms with E-state index >= 15 is 0 Å². The lowest BCUT2D eigenvalue weighted by atomic mass is 10.2. The van der Waals surface area contributed by atoms with Crippen LogP contribution in [-0.4, -0.2) is 41.7 Å². The van der Waals surface area contributed by atoms with E-state index in [1.54, 1.807) is 20.8 Å². The molecule has 0 aromatic heterocycles. The first-order chi connectivity index (χ1) is 11.4. The molecule has 0 heterocycles. The van der Waals surface area contributed by atoms with Crippen LogP contribution in [0.4, 0.5) is 23.7 Å². The van der Waals surface area contributed by atoms with E-state index in [9.17, 15) is 27.9 Å². The highest BCUT2D eigenvalue weighted by Crippen LogP contribution is 2.24. The molecule has 3 N–H and O–H groups in total. The molecule has 1 rings (SSSR count). The summed E-state index contributed by atoms with van der Waals surface area (Å²) in [6, 6.07) is 3.10. The zero-order valence-electron chi connectivity index (χ0n) is 13.8. The minimum atomic E-state index is -4.82. The largest absolute Gasteiger partial charge is 0.573 e. The van der Waals surface area contributed by atoms with Crippen LogP contribution in [-0.2, 0) is 9.53 Å². The van der Waals surface area contributed by atoms with Gasteiger partial charge < -0.3 is 25.2 Å². The van der Waals surface area contributed by atoms with Gasteiger partial charge in [0.25, 0.3) is 0 Å². The van der Waals surface area contributed by atoms with Gasteiger partial charge in [-0.2, -0.15) is 0 Å². The molecule has 0 unspecified atom stereocenters. The van der Waals surface area contributed by atoms with E-state index in [2.05, 4.69) is 15.4 Å². The van der Waals surface area contributed by atoms with Crippen LogP contribution < -0.4 is 15.4 Å². The zero-order valence-corrected chi connectivity index (χ0v) is 13.8. The smallest absolute Gasteiger partial charge is 0.444 e. The fraction of sp³-hybridized carbons (Fsp3) is 0.467. The topological polar surface area (TPSA) is 96.9 Å². The third-order valence-electron chi connectivity index (χ3n) is 2.55. The second-order valence-corrected chi connectivity index (χ2v) is 5.94. The van der Waals surface area contributed by atoms with Gasteiger partial charge in [0.15, 0.2) is 0 Å². The number of hydrogen-bond acceptors (Lipinski definition) is 5. The standard InChI is InChI=1S/C15H19F3N2O5/c1-14(2,3)25-13(23)20-11(8-21)12(22)19-9-4-6-10(7-5-9)24-15(16,17)18/h4-7,11,21H,8H2,1-3H3,(H,19,22)(H,20,23)/t11-/m1/s1. The van der Waals surface area contributed by atoms with Crippen molar-refractivity contribution in [2.24, 2.45) is 0 Å². The molecular formula is C15H19F3N2O5. The number of rotatable bonds is 5. The normalized spacial score (nSPS) is 12.9. The Kier molecular flexibility index (Phi) is 6.63. The highest BCUT2D eigenvalue weighted by molar-refractivity contribution is 5.96. The zero-order chi connectivity index (χ0) is 19.3. The van der Waals surface area contributed by atoms with Crippen LogP contribution in [0.5, 0.6) is 5.75 Å². The van der Waals surface area contributed by atoms with Crippen molar-refractivity contribution in [2.45, 2.75) is 38.8 Å². The van der Waals surface area contributed by atoms with Gasteiger partial charge in [-0.3, -0.25) is 4.79 Å². The third kappa shape index (κ3) is 8.25. The van der Waals surface area contributed by atoms with Crippen molar-refractivity contribution in [3.05, 3.63) is 24.3 Å². The van der Waals surface area contributed by atoms with E-state index in [0.29, 0.717) is 0 Å². The molecule has 0 saturated heterocycles. The minimum absolute atomic E-state index is 0.156. The average Bonchev–Trinajstić information content (AvgIpc) is 2.43. The van der Waals surface area contributed by atoms with Crippen LogP contribution in [0, 0.1) is 0 Å². The summed E-state index contributed by atoms with van der Waals surface area (Å²) in [5.74, 6) is -1.21. The van der Waals surface area contributed by atoms with Crippen molar-refractivity contribution in [1.29, 1.82) is 0 Å². The number of anilines is 1. The van der Waals surface area contributed by atoms with E-state index in [1.807, 2.05) is 0 Å². The van der Waals surface area contributed by atoms with Crippen LogP contribution in [0.15, 0.2) is 24.3 Å². The first-order valence-corrected chi connectivity index (χ1v) is 7.16. The van der Waals surface area contributed by atoms with E-state index in [-0.39, 0.29) is 5.69 Å². The predicted molar refractivity (Wildman–Crippen MR) is 82.0 cm³/mol. The van der Waals surface area contributed by atoms with E-state index in [1.165, 1.54) is 12.1 Å². The van der Waals surface area contributed by atoms with Crippen LogP contribution in [0.1, 0.15) is 20.8 Å². The Hall–Kier alpha value is -2.49. The molecule has 7 nitrogen and oxygen atoms in total. The van der Waals surface area contributed by atoms with Crippen molar-refractivity contribution >= 4 is 17.7 Å². The highest BCUT2D eigenvalue weighted by Gasteiger charge is 2.31. The lowest BCUT2D eigenvalue weighted by molar-refractivity contribution is -0.274. The van der Waals surface area contributed by atoms with Gasteiger partial charge >= 0.3 is 12.5 Å². The van der Waals surface area contributed by atoms with Gasteiger partial charge in [0.2, 0.25) is 5.91 Å². The molecule has 25 heavy (non-hydrogen) atoms. The Morgan fingerprint density at radius 3 is 2.16 bits per heavy atom.